The molecule has 0 fully saturated rings. The molecule has 0 aliphatic rings. The molecule has 0 saturated heterocycles. The highest BCUT2D eigenvalue weighted by Gasteiger charge is 2.02. The molecule has 0 atom stereocenters. The molecule has 0 amide bonds. The quantitative estimate of drug-likeness (QED) is 0.593. The fourth-order valence-electron chi connectivity index (χ4n) is 2.69. The molecule has 22 heavy (non-hydrogen) atoms. The van der Waals surface area contributed by atoms with Crippen LogP contribution in [0, 0.1) is 27.7 Å². The molecule has 110 valence electrons. The predicted molar refractivity (Wildman–Crippen MR) is 94.4 cm³/mol. The molecule has 0 bridgehead atoms. The van der Waals surface area contributed by atoms with Crippen LogP contribution in [0.4, 0.5) is 5.69 Å². The minimum atomic E-state index is 0.897. The number of fused-ring (bicyclic) bond motifs is 1. The highest BCUT2D eigenvalue weighted by Crippen LogP contribution is 2.21. The second-order valence-electron chi connectivity index (χ2n) is 5.93. The minimum absolute atomic E-state index is 0.897. The third kappa shape index (κ3) is 2.91. The first-order valence-corrected chi connectivity index (χ1v) is 7.52. The van der Waals surface area contributed by atoms with E-state index < -0.39 is 0 Å². The Hall–Kier alpha value is -2.48. The van der Waals surface area contributed by atoms with Crippen LogP contribution in [-0.2, 0) is 0 Å². The zero-order valence-corrected chi connectivity index (χ0v) is 13.5. The normalized spacial score (nSPS) is 11.5. The molecule has 2 heteroatoms. The lowest BCUT2D eigenvalue weighted by molar-refractivity contribution is 1.31. The molecule has 1 heterocycles. The predicted octanol–water partition coefficient (Wildman–Crippen LogP) is 5.22. The number of aromatic nitrogens is 1. The van der Waals surface area contributed by atoms with Crippen molar-refractivity contribution in [2.45, 2.75) is 27.7 Å². The molecule has 3 aromatic rings. The smallest absolute Gasteiger partial charge is 0.0822 e. The van der Waals surface area contributed by atoms with Crippen molar-refractivity contribution in [3.05, 3.63) is 70.4 Å². The van der Waals surface area contributed by atoms with Gasteiger partial charge in [-0.15, -0.1) is 0 Å². The van der Waals surface area contributed by atoms with E-state index in [1.807, 2.05) is 6.21 Å². The molecule has 3 rings (SSSR count). The molecular weight excluding hydrogens is 268 g/mol. The van der Waals surface area contributed by atoms with Crippen LogP contribution < -0.4 is 0 Å². The number of hydrogen-bond acceptors (Lipinski definition) is 2. The van der Waals surface area contributed by atoms with Crippen molar-refractivity contribution in [3.8, 4) is 0 Å². The van der Waals surface area contributed by atoms with Gasteiger partial charge in [0.2, 0.25) is 0 Å². The molecule has 0 aliphatic heterocycles. The maximum atomic E-state index is 4.69. The van der Waals surface area contributed by atoms with E-state index >= 15 is 0 Å². The van der Waals surface area contributed by atoms with Crippen molar-refractivity contribution in [2.24, 2.45) is 4.99 Å². The van der Waals surface area contributed by atoms with Crippen molar-refractivity contribution in [1.29, 1.82) is 0 Å². The Kier molecular flexibility index (Phi) is 3.76. The third-order valence-electron chi connectivity index (χ3n) is 3.88. The fourth-order valence-corrected chi connectivity index (χ4v) is 2.69. The zero-order chi connectivity index (χ0) is 15.7. The summed E-state index contributed by atoms with van der Waals surface area (Å²) in [6.07, 6.45) is 1.85. The van der Waals surface area contributed by atoms with Gasteiger partial charge >= 0.3 is 0 Å². The fraction of sp³-hybridized carbons (Fsp3) is 0.200. The summed E-state index contributed by atoms with van der Waals surface area (Å²) in [5.74, 6) is 0. The lowest BCUT2D eigenvalue weighted by Gasteiger charge is -2.05. The van der Waals surface area contributed by atoms with Crippen molar-refractivity contribution >= 4 is 22.8 Å². The van der Waals surface area contributed by atoms with Crippen LogP contribution in [0.15, 0.2) is 47.5 Å². The Labute approximate surface area is 131 Å². The zero-order valence-electron chi connectivity index (χ0n) is 13.5. The summed E-state index contributed by atoms with van der Waals surface area (Å²) < 4.78 is 0. The van der Waals surface area contributed by atoms with Gasteiger partial charge in [-0.1, -0.05) is 29.3 Å². The molecule has 0 N–H and O–H groups in total. The lowest BCUT2D eigenvalue weighted by Crippen LogP contribution is -1.92. The van der Waals surface area contributed by atoms with Crippen LogP contribution in [0.5, 0.6) is 0 Å². The monoisotopic (exact) mass is 288 g/mol. The maximum Gasteiger partial charge on any atom is 0.0822 e. The minimum Gasteiger partial charge on any atom is -0.254 e. The maximum absolute atomic E-state index is 4.69. The van der Waals surface area contributed by atoms with Gasteiger partial charge in [-0.3, -0.25) is 4.99 Å². The number of nitrogens with zero attached hydrogens (tertiary/aromatic N) is 2. The van der Waals surface area contributed by atoms with Crippen LogP contribution in [0.3, 0.4) is 0 Å². The van der Waals surface area contributed by atoms with Gasteiger partial charge in [0.1, 0.15) is 0 Å². The van der Waals surface area contributed by atoms with Crippen molar-refractivity contribution < 1.29 is 0 Å². The van der Waals surface area contributed by atoms with E-state index in [-0.39, 0.29) is 0 Å². The first kappa shape index (κ1) is 14.5. The van der Waals surface area contributed by atoms with E-state index in [0.29, 0.717) is 0 Å². The van der Waals surface area contributed by atoms with E-state index in [1.54, 1.807) is 0 Å². The lowest BCUT2D eigenvalue weighted by atomic mass is 10.1. The number of rotatable bonds is 2. The highest BCUT2D eigenvalue weighted by molar-refractivity contribution is 5.88. The van der Waals surface area contributed by atoms with Crippen molar-refractivity contribution in [1.82, 2.24) is 4.98 Å². The third-order valence-corrected chi connectivity index (χ3v) is 3.88. The van der Waals surface area contributed by atoms with E-state index in [9.17, 15) is 0 Å². The van der Waals surface area contributed by atoms with Gasteiger partial charge in [-0.25, -0.2) is 4.98 Å². The molecule has 0 aliphatic carbocycles. The first-order chi connectivity index (χ1) is 10.5. The van der Waals surface area contributed by atoms with Gasteiger partial charge < -0.3 is 0 Å². The number of hydrogen-bond donors (Lipinski definition) is 0. The summed E-state index contributed by atoms with van der Waals surface area (Å²) in [5.41, 5.74) is 7.84. The van der Waals surface area contributed by atoms with Gasteiger partial charge in [0.05, 0.1) is 23.1 Å². The van der Waals surface area contributed by atoms with Gasteiger partial charge in [0, 0.05) is 5.39 Å². The van der Waals surface area contributed by atoms with Crippen LogP contribution in [0.1, 0.15) is 27.9 Å². The van der Waals surface area contributed by atoms with Gasteiger partial charge in [0.15, 0.2) is 0 Å². The Morgan fingerprint density at radius 1 is 0.818 bits per heavy atom. The van der Waals surface area contributed by atoms with E-state index in [0.717, 1.165) is 16.9 Å². The van der Waals surface area contributed by atoms with Crippen LogP contribution in [0.2, 0.25) is 0 Å². The molecule has 1 aromatic heterocycles. The van der Waals surface area contributed by atoms with Crippen molar-refractivity contribution in [2.75, 3.05) is 0 Å². The van der Waals surface area contributed by atoms with Gasteiger partial charge in [-0.2, -0.15) is 0 Å². The second kappa shape index (κ2) is 5.72. The van der Waals surface area contributed by atoms with Crippen LogP contribution in [-0.4, -0.2) is 11.2 Å². The molecule has 0 unspecified atom stereocenters. The van der Waals surface area contributed by atoms with E-state index in [2.05, 4.69) is 75.2 Å². The molecule has 0 radical (unpaired) electrons. The molecule has 0 saturated carbocycles. The summed E-state index contributed by atoms with van der Waals surface area (Å²) in [5, 5.41) is 1.21. The molecule has 0 spiro atoms. The largest absolute Gasteiger partial charge is 0.254 e. The van der Waals surface area contributed by atoms with Crippen LogP contribution >= 0.6 is 0 Å². The first-order valence-electron chi connectivity index (χ1n) is 7.52. The highest BCUT2D eigenvalue weighted by atomic mass is 14.8. The van der Waals surface area contributed by atoms with E-state index in [4.69, 9.17) is 4.98 Å². The SMILES string of the molecule is Cc1ccc(N=Cc2cc(C)c3cc(C)ccc3n2)c(C)c1. The van der Waals surface area contributed by atoms with Crippen LogP contribution in [0.25, 0.3) is 10.9 Å². The van der Waals surface area contributed by atoms with E-state index in [1.165, 1.54) is 27.6 Å². The summed E-state index contributed by atoms with van der Waals surface area (Å²) in [7, 11) is 0. The Balaban J connectivity index is 2.00. The average molecular weight is 288 g/mol. The number of aryl methyl sites for hydroxylation is 4. The Morgan fingerprint density at radius 2 is 1.55 bits per heavy atom. The van der Waals surface area contributed by atoms with Crippen molar-refractivity contribution in [3.63, 3.8) is 0 Å². The standard InChI is InChI=1S/C20H20N2/c1-13-5-7-19(16(4)9-13)21-12-17-11-15(3)18-10-14(2)6-8-20(18)22-17/h5-12H,1-4H3. The number of benzene rings is 2. The second-order valence-corrected chi connectivity index (χ2v) is 5.93. The molecule has 2 aromatic carbocycles. The topological polar surface area (TPSA) is 25.2 Å². The number of aliphatic imine (C=N–C) groups is 1. The summed E-state index contributed by atoms with van der Waals surface area (Å²) in [6.45, 7) is 8.41. The molecular formula is C20H20N2. The van der Waals surface area contributed by atoms with Gasteiger partial charge in [-0.05, 0) is 63.1 Å². The average Bonchev–Trinajstić information content (AvgIpc) is 2.47. The molecule has 2 nitrogen and oxygen atoms in total. The summed E-state index contributed by atoms with van der Waals surface area (Å²) in [6, 6.07) is 14.7. The Bertz CT molecular complexity index is 876. The summed E-state index contributed by atoms with van der Waals surface area (Å²) >= 11 is 0. The summed E-state index contributed by atoms with van der Waals surface area (Å²) in [4.78, 5) is 9.29. The Morgan fingerprint density at radius 3 is 2.32 bits per heavy atom. The van der Waals surface area contributed by atoms with Gasteiger partial charge in [0.25, 0.3) is 0 Å². The number of pyridine rings is 1.